The molecule has 4 rings (SSSR count). The third-order valence-corrected chi connectivity index (χ3v) is 4.82. The Kier molecular flexibility index (Phi) is 4.54. The first-order valence-corrected chi connectivity index (χ1v) is 8.82. The Morgan fingerprint density at radius 3 is 2.78 bits per heavy atom. The summed E-state index contributed by atoms with van der Waals surface area (Å²) in [5.74, 6) is 2.01. The van der Waals surface area contributed by atoms with Gasteiger partial charge in [-0.25, -0.2) is 0 Å². The first kappa shape index (κ1) is 17.1. The van der Waals surface area contributed by atoms with Crippen molar-refractivity contribution in [2.45, 2.75) is 18.9 Å². The van der Waals surface area contributed by atoms with Gasteiger partial charge in [0.2, 0.25) is 5.91 Å². The standard InChI is InChI=1S/C21H21N3O3/c1-24-21-17(12-22-24)16(11-20(25)23-21)15-8-9-18(19(10-15)26-2)27-13-14-6-4-3-5-7-14/h3-10,12,16H,11,13H2,1-2H3,(H,23,25)/t16-/m1/s1. The van der Waals surface area contributed by atoms with Gasteiger partial charge in [0.05, 0.1) is 13.3 Å². The summed E-state index contributed by atoms with van der Waals surface area (Å²) in [6.45, 7) is 0.467. The minimum atomic E-state index is -0.0560. The van der Waals surface area contributed by atoms with Crippen LogP contribution in [-0.4, -0.2) is 22.8 Å². The highest BCUT2D eigenvalue weighted by Gasteiger charge is 2.29. The molecule has 2 aromatic carbocycles. The second-order valence-electron chi connectivity index (χ2n) is 6.56. The molecule has 138 valence electrons. The van der Waals surface area contributed by atoms with Crippen LogP contribution in [0.2, 0.25) is 0 Å². The molecule has 6 nitrogen and oxygen atoms in total. The summed E-state index contributed by atoms with van der Waals surface area (Å²) >= 11 is 0. The second kappa shape index (κ2) is 7.15. The van der Waals surface area contributed by atoms with E-state index in [0.29, 0.717) is 24.5 Å². The van der Waals surface area contributed by atoms with Crippen LogP contribution in [0.5, 0.6) is 11.5 Å². The summed E-state index contributed by atoms with van der Waals surface area (Å²) < 4.78 is 13.2. The van der Waals surface area contributed by atoms with E-state index in [9.17, 15) is 4.79 Å². The van der Waals surface area contributed by atoms with E-state index in [0.717, 1.165) is 22.5 Å². The summed E-state index contributed by atoms with van der Waals surface area (Å²) in [5.41, 5.74) is 3.10. The molecule has 1 atom stereocenters. The highest BCUT2D eigenvalue weighted by molar-refractivity contribution is 5.94. The molecule has 1 N–H and O–H groups in total. The van der Waals surface area contributed by atoms with Crippen LogP contribution in [0.3, 0.4) is 0 Å². The number of benzene rings is 2. The molecule has 0 bridgehead atoms. The van der Waals surface area contributed by atoms with Crippen LogP contribution in [0.25, 0.3) is 0 Å². The highest BCUT2D eigenvalue weighted by Crippen LogP contribution is 2.40. The van der Waals surface area contributed by atoms with Gasteiger partial charge in [-0.15, -0.1) is 0 Å². The maximum absolute atomic E-state index is 12.1. The normalized spacial score (nSPS) is 15.8. The fraction of sp³-hybridized carbons (Fsp3) is 0.238. The molecule has 2 heterocycles. The zero-order chi connectivity index (χ0) is 18.8. The van der Waals surface area contributed by atoms with Gasteiger partial charge in [0.25, 0.3) is 0 Å². The first-order valence-electron chi connectivity index (χ1n) is 8.82. The van der Waals surface area contributed by atoms with Crippen molar-refractivity contribution in [2.75, 3.05) is 12.4 Å². The Labute approximate surface area is 157 Å². The fourth-order valence-corrected chi connectivity index (χ4v) is 3.39. The molecule has 3 aromatic rings. The number of carbonyl (C=O) groups excluding carboxylic acids is 1. The number of amides is 1. The minimum absolute atomic E-state index is 0.0144. The van der Waals surface area contributed by atoms with Crippen LogP contribution in [0.4, 0.5) is 5.82 Å². The maximum Gasteiger partial charge on any atom is 0.226 e. The number of ether oxygens (including phenoxy) is 2. The fourth-order valence-electron chi connectivity index (χ4n) is 3.39. The number of carbonyl (C=O) groups is 1. The number of fused-ring (bicyclic) bond motifs is 1. The van der Waals surface area contributed by atoms with E-state index in [4.69, 9.17) is 9.47 Å². The monoisotopic (exact) mass is 363 g/mol. The molecule has 0 saturated heterocycles. The van der Waals surface area contributed by atoms with Crippen molar-refractivity contribution in [1.82, 2.24) is 9.78 Å². The lowest BCUT2D eigenvalue weighted by molar-refractivity contribution is -0.116. The van der Waals surface area contributed by atoms with Crippen LogP contribution in [-0.2, 0) is 18.4 Å². The lowest BCUT2D eigenvalue weighted by Gasteiger charge is -2.24. The molecule has 1 aromatic heterocycles. The largest absolute Gasteiger partial charge is 0.493 e. The third kappa shape index (κ3) is 3.38. The number of nitrogens with one attached hydrogen (secondary N) is 1. The second-order valence-corrected chi connectivity index (χ2v) is 6.56. The van der Waals surface area contributed by atoms with Gasteiger partial charge in [0.15, 0.2) is 11.5 Å². The quantitative estimate of drug-likeness (QED) is 0.754. The van der Waals surface area contributed by atoms with Crippen molar-refractivity contribution < 1.29 is 14.3 Å². The van der Waals surface area contributed by atoms with Gasteiger partial charge in [-0.3, -0.25) is 9.48 Å². The lowest BCUT2D eigenvalue weighted by Crippen LogP contribution is -2.24. The SMILES string of the molecule is COc1cc([C@H]2CC(=O)Nc3c2cnn3C)ccc1OCc1ccccc1. The van der Waals surface area contributed by atoms with Crippen molar-refractivity contribution in [1.29, 1.82) is 0 Å². The van der Waals surface area contributed by atoms with Crippen LogP contribution < -0.4 is 14.8 Å². The smallest absolute Gasteiger partial charge is 0.226 e. The Bertz CT molecular complexity index is 966. The molecule has 0 unspecified atom stereocenters. The third-order valence-electron chi connectivity index (χ3n) is 4.82. The van der Waals surface area contributed by atoms with E-state index in [1.165, 1.54) is 0 Å². The van der Waals surface area contributed by atoms with Crippen LogP contribution in [0.1, 0.15) is 29.0 Å². The number of anilines is 1. The number of methoxy groups -OCH3 is 1. The lowest BCUT2D eigenvalue weighted by atomic mass is 9.87. The van der Waals surface area contributed by atoms with Gasteiger partial charge >= 0.3 is 0 Å². The molecule has 0 fully saturated rings. The van der Waals surface area contributed by atoms with Crippen LogP contribution in [0, 0.1) is 0 Å². The highest BCUT2D eigenvalue weighted by atomic mass is 16.5. The average molecular weight is 363 g/mol. The average Bonchev–Trinajstić information content (AvgIpc) is 3.07. The Morgan fingerprint density at radius 2 is 2.00 bits per heavy atom. The van der Waals surface area contributed by atoms with Crippen LogP contribution in [0.15, 0.2) is 54.7 Å². The molecule has 6 heteroatoms. The molecule has 1 amide bonds. The number of aryl methyl sites for hydroxylation is 1. The van der Waals surface area contributed by atoms with Gasteiger partial charge in [-0.05, 0) is 23.3 Å². The van der Waals surface area contributed by atoms with Crippen molar-refractivity contribution in [2.24, 2.45) is 7.05 Å². The predicted octanol–water partition coefficient (Wildman–Crippen LogP) is 3.48. The topological polar surface area (TPSA) is 65.4 Å². The Hall–Kier alpha value is -3.28. The number of nitrogens with zero attached hydrogens (tertiary/aromatic N) is 2. The van der Waals surface area contributed by atoms with E-state index in [-0.39, 0.29) is 11.8 Å². The Balaban J connectivity index is 1.61. The molecular formula is C21H21N3O3. The van der Waals surface area contributed by atoms with Crippen molar-refractivity contribution in [3.63, 3.8) is 0 Å². The van der Waals surface area contributed by atoms with E-state index in [1.54, 1.807) is 11.8 Å². The molecule has 1 aliphatic rings. The molecule has 0 radical (unpaired) electrons. The van der Waals surface area contributed by atoms with E-state index in [2.05, 4.69) is 10.4 Å². The molecule has 0 saturated carbocycles. The maximum atomic E-state index is 12.1. The number of aromatic nitrogens is 2. The zero-order valence-electron chi connectivity index (χ0n) is 15.3. The summed E-state index contributed by atoms with van der Waals surface area (Å²) in [7, 11) is 3.44. The summed E-state index contributed by atoms with van der Waals surface area (Å²) in [6.07, 6.45) is 2.19. The summed E-state index contributed by atoms with van der Waals surface area (Å²) in [6, 6.07) is 15.8. The molecule has 0 spiro atoms. The van der Waals surface area contributed by atoms with E-state index in [1.807, 2.05) is 61.8 Å². The van der Waals surface area contributed by atoms with Gasteiger partial charge in [-0.2, -0.15) is 5.10 Å². The van der Waals surface area contributed by atoms with Gasteiger partial charge in [-0.1, -0.05) is 36.4 Å². The summed E-state index contributed by atoms with van der Waals surface area (Å²) in [4.78, 5) is 12.1. The van der Waals surface area contributed by atoms with Crippen molar-refractivity contribution >= 4 is 11.7 Å². The number of hydrogen-bond acceptors (Lipinski definition) is 4. The van der Waals surface area contributed by atoms with E-state index >= 15 is 0 Å². The van der Waals surface area contributed by atoms with Gasteiger partial charge in [0, 0.05) is 24.9 Å². The number of rotatable bonds is 5. The Morgan fingerprint density at radius 1 is 1.19 bits per heavy atom. The van der Waals surface area contributed by atoms with Crippen molar-refractivity contribution in [3.8, 4) is 11.5 Å². The molecule has 27 heavy (non-hydrogen) atoms. The first-order chi connectivity index (χ1) is 13.2. The molecule has 0 aliphatic carbocycles. The van der Waals surface area contributed by atoms with E-state index < -0.39 is 0 Å². The predicted molar refractivity (Wildman–Crippen MR) is 102 cm³/mol. The zero-order valence-corrected chi connectivity index (χ0v) is 15.3. The molecule has 1 aliphatic heterocycles. The van der Waals surface area contributed by atoms with Crippen LogP contribution >= 0.6 is 0 Å². The number of hydrogen-bond donors (Lipinski definition) is 1. The summed E-state index contributed by atoms with van der Waals surface area (Å²) in [5, 5.41) is 7.17. The van der Waals surface area contributed by atoms with Gasteiger partial charge < -0.3 is 14.8 Å². The molecular weight excluding hydrogens is 342 g/mol. The van der Waals surface area contributed by atoms with Gasteiger partial charge in [0.1, 0.15) is 12.4 Å². The minimum Gasteiger partial charge on any atom is -0.493 e. The van der Waals surface area contributed by atoms with Crippen molar-refractivity contribution in [3.05, 3.63) is 71.4 Å².